The van der Waals surface area contributed by atoms with Crippen LogP contribution in [-0.4, -0.2) is 37.1 Å². The van der Waals surface area contributed by atoms with Gasteiger partial charge < -0.3 is 14.5 Å². The summed E-state index contributed by atoms with van der Waals surface area (Å²) >= 11 is 6.14. The summed E-state index contributed by atoms with van der Waals surface area (Å²) in [5.41, 5.74) is 4.79. The third-order valence-electron chi connectivity index (χ3n) is 6.44. The molecule has 152 valence electrons. The van der Waals surface area contributed by atoms with Gasteiger partial charge in [0.05, 0.1) is 13.2 Å². The zero-order valence-corrected chi connectivity index (χ0v) is 17.3. The molecule has 1 aromatic carbocycles. The van der Waals surface area contributed by atoms with Crippen LogP contribution in [0, 0.1) is 5.92 Å². The van der Waals surface area contributed by atoms with Crippen molar-refractivity contribution in [1.29, 1.82) is 0 Å². The lowest BCUT2D eigenvalue weighted by molar-refractivity contribution is -0.123. The van der Waals surface area contributed by atoms with E-state index in [-0.39, 0.29) is 11.8 Å². The third kappa shape index (κ3) is 3.74. The van der Waals surface area contributed by atoms with E-state index in [1.165, 1.54) is 24.0 Å². The number of hydrogen-bond acceptors (Lipinski definition) is 4. The van der Waals surface area contributed by atoms with Gasteiger partial charge in [0.2, 0.25) is 5.91 Å². The van der Waals surface area contributed by atoms with Crippen molar-refractivity contribution in [1.82, 2.24) is 4.98 Å². The zero-order valence-electron chi connectivity index (χ0n) is 16.6. The van der Waals surface area contributed by atoms with Crippen molar-refractivity contribution in [2.75, 3.05) is 36.0 Å². The number of benzene rings is 1. The number of halogens is 1. The molecule has 3 heterocycles. The van der Waals surface area contributed by atoms with Crippen LogP contribution in [0.3, 0.4) is 0 Å². The molecule has 0 bridgehead atoms. The molecule has 0 atom stereocenters. The molecule has 0 saturated carbocycles. The number of nitrogens with zero attached hydrogens (tertiary/aromatic N) is 3. The van der Waals surface area contributed by atoms with Crippen LogP contribution >= 0.6 is 11.6 Å². The monoisotopic (exact) mass is 411 g/mol. The summed E-state index contributed by atoms with van der Waals surface area (Å²) in [7, 11) is 0. The van der Waals surface area contributed by atoms with E-state index in [0.717, 1.165) is 49.4 Å². The lowest BCUT2D eigenvalue weighted by Crippen LogP contribution is -2.44. The average molecular weight is 412 g/mol. The van der Waals surface area contributed by atoms with Gasteiger partial charge in [-0.15, -0.1) is 0 Å². The quantitative estimate of drug-likeness (QED) is 0.749. The summed E-state index contributed by atoms with van der Waals surface area (Å²) in [6.07, 6.45) is 7.33. The van der Waals surface area contributed by atoms with Crippen molar-refractivity contribution in [3.05, 3.63) is 52.2 Å². The third-order valence-corrected chi connectivity index (χ3v) is 6.68. The minimum absolute atomic E-state index is 0.0438. The van der Waals surface area contributed by atoms with Crippen LogP contribution in [0.15, 0.2) is 30.5 Å². The van der Waals surface area contributed by atoms with Gasteiger partial charge in [-0.3, -0.25) is 4.79 Å². The molecule has 1 aromatic heterocycles. The number of anilines is 2. The smallest absolute Gasteiger partial charge is 0.230 e. The first kappa shape index (κ1) is 18.9. The molecule has 3 aliphatic rings. The molecule has 0 N–H and O–H groups in total. The topological polar surface area (TPSA) is 45.7 Å². The molecule has 0 unspecified atom stereocenters. The number of carbonyl (C=O) groups excluding carboxylic acids is 1. The molecular weight excluding hydrogens is 386 g/mol. The summed E-state index contributed by atoms with van der Waals surface area (Å²) in [6, 6.07) is 7.98. The number of amides is 1. The summed E-state index contributed by atoms with van der Waals surface area (Å²) in [4.78, 5) is 22.3. The van der Waals surface area contributed by atoms with Crippen LogP contribution in [0.25, 0.3) is 0 Å². The van der Waals surface area contributed by atoms with Gasteiger partial charge in [-0.1, -0.05) is 11.6 Å². The largest absolute Gasteiger partial charge is 0.375 e. The fraction of sp³-hybridized carbons (Fsp3) is 0.478. The Morgan fingerprint density at radius 1 is 1.07 bits per heavy atom. The van der Waals surface area contributed by atoms with Crippen LogP contribution in [0.2, 0.25) is 5.02 Å². The Hall–Kier alpha value is -2.11. The molecule has 5 rings (SSSR count). The van der Waals surface area contributed by atoms with Crippen molar-refractivity contribution < 1.29 is 9.53 Å². The van der Waals surface area contributed by atoms with Crippen LogP contribution in [0.1, 0.15) is 36.0 Å². The Morgan fingerprint density at radius 2 is 1.90 bits per heavy atom. The first-order chi connectivity index (χ1) is 14.2. The number of carbonyl (C=O) groups is 1. The normalized spacial score (nSPS) is 19.6. The first-order valence-corrected chi connectivity index (χ1v) is 11.0. The zero-order chi connectivity index (χ0) is 19.8. The highest BCUT2D eigenvalue weighted by atomic mass is 35.5. The standard InChI is InChI=1S/C23H26ClN3O2/c24-20-4-5-21-19(12-20)15-29-11-10-27(21)23(28)16-6-8-26(9-7-16)22-13-17-2-1-3-18(17)14-25-22/h4-5,12-14,16H,1-3,6-11,15H2. The predicted molar refractivity (Wildman–Crippen MR) is 115 cm³/mol. The van der Waals surface area contributed by atoms with Gasteiger partial charge in [-0.2, -0.15) is 0 Å². The molecule has 29 heavy (non-hydrogen) atoms. The van der Waals surface area contributed by atoms with Gasteiger partial charge in [-0.05, 0) is 67.5 Å². The van der Waals surface area contributed by atoms with E-state index in [1.807, 2.05) is 29.3 Å². The molecule has 1 aliphatic carbocycles. The second-order valence-electron chi connectivity index (χ2n) is 8.24. The lowest BCUT2D eigenvalue weighted by Gasteiger charge is -2.35. The van der Waals surface area contributed by atoms with E-state index >= 15 is 0 Å². The Labute approximate surface area is 176 Å². The van der Waals surface area contributed by atoms with E-state index < -0.39 is 0 Å². The highest BCUT2D eigenvalue weighted by Crippen LogP contribution is 2.32. The van der Waals surface area contributed by atoms with Gasteiger partial charge in [0.15, 0.2) is 0 Å². The summed E-state index contributed by atoms with van der Waals surface area (Å²) in [5, 5.41) is 0.678. The van der Waals surface area contributed by atoms with Gasteiger partial charge in [0.1, 0.15) is 5.82 Å². The molecule has 2 aliphatic heterocycles. The Kier molecular flexibility index (Phi) is 5.18. The maximum Gasteiger partial charge on any atom is 0.230 e. The average Bonchev–Trinajstić information content (AvgIpc) is 3.12. The van der Waals surface area contributed by atoms with Crippen LogP contribution in [0.5, 0.6) is 0 Å². The van der Waals surface area contributed by atoms with E-state index in [9.17, 15) is 4.79 Å². The van der Waals surface area contributed by atoms with Gasteiger partial charge in [0.25, 0.3) is 0 Å². The van der Waals surface area contributed by atoms with Crippen LogP contribution in [-0.2, 0) is 29.0 Å². The molecule has 0 spiro atoms. The van der Waals surface area contributed by atoms with Crippen molar-refractivity contribution in [2.45, 2.75) is 38.7 Å². The second-order valence-corrected chi connectivity index (χ2v) is 8.68. The minimum atomic E-state index is 0.0438. The number of aryl methyl sites for hydroxylation is 2. The fourth-order valence-electron chi connectivity index (χ4n) is 4.81. The Balaban J connectivity index is 1.28. The summed E-state index contributed by atoms with van der Waals surface area (Å²) < 4.78 is 5.69. The molecule has 0 radical (unpaired) electrons. The SMILES string of the molecule is O=C(C1CCN(c2cc3c(cn2)CCC3)CC1)N1CCOCc2cc(Cl)ccc21. The van der Waals surface area contributed by atoms with Crippen molar-refractivity contribution >= 4 is 29.0 Å². The first-order valence-electron chi connectivity index (χ1n) is 10.6. The molecule has 2 aromatic rings. The molecule has 6 heteroatoms. The van der Waals surface area contributed by atoms with Crippen molar-refractivity contribution in [2.24, 2.45) is 5.92 Å². The Bertz CT molecular complexity index is 924. The molecular formula is C23H26ClN3O2. The lowest BCUT2D eigenvalue weighted by atomic mass is 9.94. The van der Waals surface area contributed by atoms with Gasteiger partial charge in [0, 0.05) is 48.0 Å². The van der Waals surface area contributed by atoms with E-state index in [4.69, 9.17) is 16.3 Å². The Morgan fingerprint density at radius 3 is 2.76 bits per heavy atom. The molecule has 1 fully saturated rings. The van der Waals surface area contributed by atoms with Crippen LogP contribution < -0.4 is 9.80 Å². The molecule has 5 nitrogen and oxygen atoms in total. The highest BCUT2D eigenvalue weighted by molar-refractivity contribution is 6.30. The summed E-state index contributed by atoms with van der Waals surface area (Å²) in [6.45, 7) is 3.40. The number of fused-ring (bicyclic) bond motifs is 2. The molecule has 1 saturated heterocycles. The minimum Gasteiger partial charge on any atom is -0.375 e. The summed E-state index contributed by atoms with van der Waals surface area (Å²) in [5.74, 6) is 1.32. The van der Waals surface area contributed by atoms with Crippen molar-refractivity contribution in [3.8, 4) is 0 Å². The maximum atomic E-state index is 13.4. The van der Waals surface area contributed by atoms with Gasteiger partial charge >= 0.3 is 0 Å². The van der Waals surface area contributed by atoms with Crippen LogP contribution in [0.4, 0.5) is 11.5 Å². The van der Waals surface area contributed by atoms with Crippen molar-refractivity contribution in [3.63, 3.8) is 0 Å². The number of piperidine rings is 1. The van der Waals surface area contributed by atoms with E-state index in [1.54, 1.807) is 0 Å². The maximum absolute atomic E-state index is 13.4. The van der Waals surface area contributed by atoms with E-state index in [2.05, 4.69) is 16.0 Å². The number of pyridine rings is 1. The number of aromatic nitrogens is 1. The highest BCUT2D eigenvalue weighted by Gasteiger charge is 2.31. The fourth-order valence-corrected chi connectivity index (χ4v) is 5.00. The second kappa shape index (κ2) is 7.96. The number of hydrogen-bond donors (Lipinski definition) is 0. The van der Waals surface area contributed by atoms with Gasteiger partial charge in [-0.25, -0.2) is 4.98 Å². The van der Waals surface area contributed by atoms with E-state index in [0.29, 0.717) is 24.8 Å². The molecule has 1 amide bonds. The predicted octanol–water partition coefficient (Wildman–Crippen LogP) is 4.00. The number of rotatable bonds is 2. The number of ether oxygens (including phenoxy) is 1.